The van der Waals surface area contributed by atoms with Crippen LogP contribution in [-0.4, -0.2) is 81.1 Å². The third-order valence-electron chi connectivity index (χ3n) is 8.02. The number of allylic oxidation sites excluding steroid dienone is 2. The second kappa shape index (κ2) is 15.1. The Labute approximate surface area is 253 Å². The molecule has 2 atom stereocenters. The van der Waals surface area contributed by atoms with Crippen molar-refractivity contribution < 1.29 is 26.7 Å². The van der Waals surface area contributed by atoms with Crippen LogP contribution in [0.5, 0.6) is 0 Å². The number of hydrogen-bond donors (Lipinski definition) is 3. The molecule has 0 unspecified atom stereocenters. The van der Waals surface area contributed by atoms with Crippen LogP contribution in [0, 0.1) is 24.0 Å². The summed E-state index contributed by atoms with van der Waals surface area (Å²) in [6, 6.07) is 10.1. The largest absolute Gasteiger partial charge is 0.379 e. The van der Waals surface area contributed by atoms with Gasteiger partial charge in [-0.15, -0.1) is 0 Å². The lowest BCUT2D eigenvalue weighted by atomic mass is 9.87. The first-order valence-corrected chi connectivity index (χ1v) is 16.1. The Hall–Kier alpha value is -3.03. The maximum absolute atomic E-state index is 14.3. The molecule has 0 aromatic heterocycles. The molecule has 2 aromatic carbocycles. The van der Waals surface area contributed by atoms with E-state index in [2.05, 4.69) is 10.6 Å². The van der Waals surface area contributed by atoms with Gasteiger partial charge in [0, 0.05) is 57.3 Å². The van der Waals surface area contributed by atoms with Gasteiger partial charge in [-0.25, -0.2) is 8.78 Å². The summed E-state index contributed by atoms with van der Waals surface area (Å²) >= 11 is 0. The van der Waals surface area contributed by atoms with Crippen molar-refractivity contribution in [3.05, 3.63) is 82.1 Å². The van der Waals surface area contributed by atoms with Crippen molar-refractivity contribution >= 4 is 22.3 Å². The highest BCUT2D eigenvalue weighted by molar-refractivity contribution is 7.86. The summed E-state index contributed by atoms with van der Waals surface area (Å²) < 4.78 is 63.2. The van der Waals surface area contributed by atoms with Crippen molar-refractivity contribution in [1.29, 1.82) is 5.41 Å². The van der Waals surface area contributed by atoms with Crippen LogP contribution in [0.2, 0.25) is 0 Å². The van der Waals surface area contributed by atoms with E-state index in [0.717, 1.165) is 11.8 Å². The summed E-state index contributed by atoms with van der Waals surface area (Å²) in [4.78, 5) is 13.4. The van der Waals surface area contributed by atoms with Crippen LogP contribution in [0.3, 0.4) is 0 Å². The van der Waals surface area contributed by atoms with Crippen molar-refractivity contribution in [2.75, 3.05) is 45.9 Å². The molecule has 9 nitrogen and oxygen atoms in total. The van der Waals surface area contributed by atoms with Gasteiger partial charge in [-0.05, 0) is 72.7 Å². The van der Waals surface area contributed by atoms with Gasteiger partial charge in [0.2, 0.25) is 5.91 Å². The number of rotatable bonds is 12. The van der Waals surface area contributed by atoms with Gasteiger partial charge in [0.25, 0.3) is 10.2 Å². The Kier molecular flexibility index (Phi) is 11.6. The highest BCUT2D eigenvalue weighted by Crippen LogP contribution is 2.30. The Morgan fingerprint density at radius 3 is 2.49 bits per heavy atom. The van der Waals surface area contributed by atoms with Crippen LogP contribution in [-0.2, 0) is 19.7 Å². The van der Waals surface area contributed by atoms with Crippen molar-refractivity contribution in [3.8, 4) is 0 Å². The first-order chi connectivity index (χ1) is 20.6. The van der Waals surface area contributed by atoms with Crippen LogP contribution in [0.25, 0.3) is 0 Å². The van der Waals surface area contributed by atoms with E-state index in [1.807, 2.05) is 13.0 Å². The molecule has 43 heavy (non-hydrogen) atoms. The maximum atomic E-state index is 14.3. The van der Waals surface area contributed by atoms with E-state index in [4.69, 9.17) is 10.1 Å². The number of ether oxygens (including phenoxy) is 1. The highest BCUT2D eigenvalue weighted by Gasteiger charge is 2.37. The molecule has 1 amide bonds. The van der Waals surface area contributed by atoms with E-state index in [-0.39, 0.29) is 18.4 Å². The minimum Gasteiger partial charge on any atom is -0.379 e. The molecule has 2 saturated heterocycles. The average molecular weight is 618 g/mol. The quantitative estimate of drug-likeness (QED) is 0.313. The molecule has 12 heteroatoms. The molecular formula is C31H41F2N5O4S. The van der Waals surface area contributed by atoms with Crippen molar-refractivity contribution in [2.24, 2.45) is 0 Å². The maximum Gasteiger partial charge on any atom is 0.282 e. The first-order valence-electron chi connectivity index (χ1n) is 14.7. The predicted molar refractivity (Wildman–Crippen MR) is 162 cm³/mol. The molecule has 2 aromatic rings. The fourth-order valence-electron chi connectivity index (χ4n) is 5.76. The van der Waals surface area contributed by atoms with E-state index < -0.39 is 27.8 Å². The van der Waals surface area contributed by atoms with Crippen LogP contribution in [0.15, 0.2) is 53.7 Å². The molecule has 2 heterocycles. The molecule has 2 fully saturated rings. The summed E-state index contributed by atoms with van der Waals surface area (Å²) in [6.07, 6.45) is 2.64. The number of amides is 1. The monoisotopic (exact) mass is 617 g/mol. The summed E-state index contributed by atoms with van der Waals surface area (Å²) in [5.74, 6) is -1.72. The lowest BCUT2D eigenvalue weighted by Gasteiger charge is -2.39. The SMILES string of the molecule is CC/C(CC[C@H]1CNCCN1S(=O)(=O)N1CCOCC1)=C(\C=N)NC(=O)C[C@@H](c1ccc(F)cc1)c1cc(C)cc(F)c1. The Balaban J connectivity index is 1.49. The number of benzene rings is 2. The highest BCUT2D eigenvalue weighted by atomic mass is 32.2. The number of piperazine rings is 1. The zero-order chi connectivity index (χ0) is 31.0. The molecule has 2 aliphatic heterocycles. The van der Waals surface area contributed by atoms with Gasteiger partial charge in [0.05, 0.1) is 18.9 Å². The first kappa shape index (κ1) is 32.9. The molecule has 4 rings (SSSR count). The Morgan fingerprint density at radius 1 is 1.12 bits per heavy atom. The molecule has 0 radical (unpaired) electrons. The van der Waals surface area contributed by atoms with Crippen molar-refractivity contribution in [3.63, 3.8) is 0 Å². The van der Waals surface area contributed by atoms with E-state index in [1.165, 1.54) is 28.6 Å². The standard InChI is InChI=1S/C31H41F2N5O4S/c1-3-23(6-9-28-21-35-10-11-38(28)43(40,41)37-12-14-42-15-13-37)30(20-34)36-31(39)19-29(24-4-7-26(32)8-5-24)25-16-22(2)17-27(33)18-25/h4-5,7-8,16-18,20,28-29,34-35H,3,6,9-15,19,21H2,1-2H3,(H,36,39)/b30-23-,34-20?/t28-,29-/m0/s1. The number of carbonyl (C=O) groups excluding carboxylic acids is 1. The van der Waals surface area contributed by atoms with Gasteiger partial charge >= 0.3 is 0 Å². The number of halogens is 2. The Morgan fingerprint density at radius 2 is 1.84 bits per heavy atom. The van der Waals surface area contributed by atoms with E-state index in [0.29, 0.717) is 87.6 Å². The molecule has 0 bridgehead atoms. The second-order valence-electron chi connectivity index (χ2n) is 11.0. The van der Waals surface area contributed by atoms with Crippen molar-refractivity contribution in [2.45, 2.75) is 51.5 Å². The average Bonchev–Trinajstić information content (AvgIpc) is 3.00. The predicted octanol–water partition coefficient (Wildman–Crippen LogP) is 3.86. The van der Waals surface area contributed by atoms with Gasteiger partial charge in [-0.3, -0.25) is 4.79 Å². The van der Waals surface area contributed by atoms with E-state index in [9.17, 15) is 22.0 Å². The Bertz CT molecular complexity index is 1390. The van der Waals surface area contributed by atoms with Gasteiger partial charge in [-0.1, -0.05) is 25.1 Å². The lowest BCUT2D eigenvalue weighted by Crippen LogP contribution is -2.58. The van der Waals surface area contributed by atoms with E-state index >= 15 is 0 Å². The van der Waals surface area contributed by atoms with Gasteiger partial charge in [0.1, 0.15) is 11.6 Å². The topological polar surface area (TPSA) is 115 Å². The normalized spacial score (nSPS) is 19.9. The number of aryl methyl sites for hydroxylation is 1. The third-order valence-corrected chi connectivity index (χ3v) is 10.1. The van der Waals surface area contributed by atoms with Crippen LogP contribution < -0.4 is 10.6 Å². The molecule has 234 valence electrons. The van der Waals surface area contributed by atoms with Crippen LogP contribution in [0.1, 0.15) is 55.2 Å². The van der Waals surface area contributed by atoms with E-state index in [1.54, 1.807) is 23.4 Å². The van der Waals surface area contributed by atoms with Gasteiger partial charge < -0.3 is 20.8 Å². The third kappa shape index (κ3) is 8.54. The number of hydrogen-bond acceptors (Lipinski definition) is 6. The molecule has 3 N–H and O–H groups in total. The molecule has 0 spiro atoms. The molecule has 2 aliphatic rings. The number of morpholine rings is 1. The zero-order valence-corrected chi connectivity index (χ0v) is 25.6. The number of nitrogens with one attached hydrogen (secondary N) is 3. The zero-order valence-electron chi connectivity index (χ0n) is 24.7. The number of carbonyl (C=O) groups is 1. The second-order valence-corrected chi connectivity index (χ2v) is 12.8. The van der Waals surface area contributed by atoms with Gasteiger partial charge in [-0.2, -0.15) is 17.0 Å². The number of nitrogens with zero attached hydrogens (tertiary/aromatic N) is 2. The minimum absolute atomic E-state index is 0.0407. The van der Waals surface area contributed by atoms with Crippen LogP contribution >= 0.6 is 0 Å². The fraction of sp³-hybridized carbons (Fsp3) is 0.484. The fourth-order valence-corrected chi connectivity index (χ4v) is 7.55. The molecular weight excluding hydrogens is 576 g/mol. The van der Waals surface area contributed by atoms with Gasteiger partial charge in [0.15, 0.2) is 0 Å². The molecule has 0 aliphatic carbocycles. The smallest absolute Gasteiger partial charge is 0.282 e. The van der Waals surface area contributed by atoms with Crippen molar-refractivity contribution in [1.82, 2.24) is 19.2 Å². The summed E-state index contributed by atoms with van der Waals surface area (Å²) in [6.45, 7) is 6.57. The molecule has 0 saturated carbocycles. The lowest BCUT2D eigenvalue weighted by molar-refractivity contribution is -0.120. The summed E-state index contributed by atoms with van der Waals surface area (Å²) in [7, 11) is -3.64. The van der Waals surface area contributed by atoms with Crippen LogP contribution in [0.4, 0.5) is 8.78 Å². The summed E-state index contributed by atoms with van der Waals surface area (Å²) in [5.41, 5.74) is 3.17. The summed E-state index contributed by atoms with van der Waals surface area (Å²) in [5, 5.41) is 14.2. The minimum atomic E-state index is -3.64.